The average Bonchev–Trinajstić information content (AvgIpc) is 2.75. The van der Waals surface area contributed by atoms with E-state index in [1.165, 1.54) is 35.7 Å². The number of para-hydroxylation sites is 1. The van der Waals surface area contributed by atoms with Crippen molar-refractivity contribution in [2.75, 3.05) is 0 Å². The van der Waals surface area contributed by atoms with Crippen LogP contribution in [0.2, 0.25) is 0 Å². The van der Waals surface area contributed by atoms with Gasteiger partial charge in [0.1, 0.15) is 0 Å². The van der Waals surface area contributed by atoms with Crippen LogP contribution in [0.1, 0.15) is 37.7 Å². The van der Waals surface area contributed by atoms with Crippen molar-refractivity contribution < 1.29 is 0 Å². The van der Waals surface area contributed by atoms with Gasteiger partial charge in [-0.2, -0.15) is 0 Å². The zero-order valence-electron chi connectivity index (χ0n) is 9.87. The van der Waals surface area contributed by atoms with Gasteiger partial charge in [0.25, 0.3) is 0 Å². The molecule has 0 saturated carbocycles. The molecule has 2 rings (SSSR count). The van der Waals surface area contributed by atoms with E-state index < -0.39 is 0 Å². The first kappa shape index (κ1) is 11.0. The molecule has 1 aromatic heterocycles. The van der Waals surface area contributed by atoms with E-state index in [0.29, 0.717) is 5.92 Å². The van der Waals surface area contributed by atoms with E-state index in [0.717, 1.165) is 0 Å². The van der Waals surface area contributed by atoms with Crippen molar-refractivity contribution in [3.05, 3.63) is 48.7 Å². The van der Waals surface area contributed by atoms with Crippen LogP contribution in [0.5, 0.6) is 0 Å². The molecule has 0 saturated heterocycles. The van der Waals surface area contributed by atoms with Crippen LogP contribution in [0, 0.1) is 0 Å². The lowest BCUT2D eigenvalue weighted by molar-refractivity contribution is 0.667. The molecule has 1 unspecified atom stereocenters. The molecule has 0 aliphatic rings. The number of benzene rings is 1. The molecule has 1 nitrogen and oxygen atoms in total. The highest BCUT2D eigenvalue weighted by Crippen LogP contribution is 2.29. The van der Waals surface area contributed by atoms with Gasteiger partial charge in [-0.15, -0.1) is 6.58 Å². The molecule has 1 atom stereocenters. The standard InChI is InChI=1S/C15H19N/c1-3-5-8-12(4-2)14-11-16-15-10-7-6-9-13(14)15/h4,6-7,9-12,16H,2-3,5,8H2,1H3. The minimum atomic E-state index is 0.482. The number of fused-ring (bicyclic) bond motifs is 1. The van der Waals surface area contributed by atoms with E-state index in [1.807, 2.05) is 0 Å². The predicted octanol–water partition coefficient (Wildman–Crippen LogP) is 4.63. The Bertz CT molecular complexity index is 467. The minimum absolute atomic E-state index is 0.482. The van der Waals surface area contributed by atoms with Crippen LogP contribution in [0.15, 0.2) is 43.1 Å². The Labute approximate surface area is 97.2 Å². The maximum Gasteiger partial charge on any atom is 0.0457 e. The smallest absolute Gasteiger partial charge is 0.0457 e. The summed E-state index contributed by atoms with van der Waals surface area (Å²) in [5.74, 6) is 0.482. The molecule has 1 heteroatoms. The Hall–Kier alpha value is -1.50. The number of aromatic amines is 1. The van der Waals surface area contributed by atoms with Crippen molar-refractivity contribution >= 4 is 10.9 Å². The zero-order chi connectivity index (χ0) is 11.4. The Morgan fingerprint density at radius 3 is 2.94 bits per heavy atom. The molecule has 0 aliphatic carbocycles. The van der Waals surface area contributed by atoms with Crippen molar-refractivity contribution in [3.63, 3.8) is 0 Å². The minimum Gasteiger partial charge on any atom is -0.361 e. The van der Waals surface area contributed by atoms with Crippen LogP contribution in [0.25, 0.3) is 10.9 Å². The molecule has 1 N–H and O–H groups in total. The molecule has 16 heavy (non-hydrogen) atoms. The van der Waals surface area contributed by atoms with Crippen molar-refractivity contribution in [2.24, 2.45) is 0 Å². The normalized spacial score (nSPS) is 12.8. The highest BCUT2D eigenvalue weighted by atomic mass is 14.7. The SMILES string of the molecule is C=CC(CCCC)c1c[nH]c2ccccc12. The maximum absolute atomic E-state index is 3.96. The fraction of sp³-hybridized carbons (Fsp3) is 0.333. The second-order valence-corrected chi connectivity index (χ2v) is 4.27. The van der Waals surface area contributed by atoms with Crippen LogP contribution >= 0.6 is 0 Å². The highest BCUT2D eigenvalue weighted by molar-refractivity contribution is 5.83. The van der Waals surface area contributed by atoms with Crippen molar-refractivity contribution in [1.29, 1.82) is 0 Å². The van der Waals surface area contributed by atoms with Gasteiger partial charge in [0, 0.05) is 23.0 Å². The van der Waals surface area contributed by atoms with Gasteiger partial charge in [-0.3, -0.25) is 0 Å². The van der Waals surface area contributed by atoms with Gasteiger partial charge in [-0.1, -0.05) is 44.0 Å². The third-order valence-corrected chi connectivity index (χ3v) is 3.17. The van der Waals surface area contributed by atoms with Crippen molar-refractivity contribution in [1.82, 2.24) is 4.98 Å². The van der Waals surface area contributed by atoms with Crippen molar-refractivity contribution in [2.45, 2.75) is 32.1 Å². The molecule has 0 radical (unpaired) electrons. The first-order chi connectivity index (χ1) is 7.86. The quantitative estimate of drug-likeness (QED) is 0.697. The summed E-state index contributed by atoms with van der Waals surface area (Å²) in [7, 11) is 0. The maximum atomic E-state index is 3.96. The third kappa shape index (κ3) is 2.04. The molecule has 0 aliphatic heterocycles. The molecular weight excluding hydrogens is 194 g/mol. The van der Waals surface area contributed by atoms with Gasteiger partial charge >= 0.3 is 0 Å². The van der Waals surface area contributed by atoms with Crippen LogP contribution in [-0.2, 0) is 0 Å². The fourth-order valence-electron chi connectivity index (χ4n) is 2.23. The van der Waals surface area contributed by atoms with E-state index in [2.05, 4.69) is 55.0 Å². The van der Waals surface area contributed by atoms with Gasteiger partial charge in [0.15, 0.2) is 0 Å². The molecule has 1 aromatic carbocycles. The number of H-pyrrole nitrogens is 1. The average molecular weight is 213 g/mol. The summed E-state index contributed by atoms with van der Waals surface area (Å²) in [5.41, 5.74) is 2.61. The molecule has 0 amide bonds. The number of allylic oxidation sites excluding steroid dienone is 1. The molecule has 2 aromatic rings. The lowest BCUT2D eigenvalue weighted by Crippen LogP contribution is -1.93. The first-order valence-electron chi connectivity index (χ1n) is 6.05. The van der Waals surface area contributed by atoms with Gasteiger partial charge in [-0.05, 0) is 18.1 Å². The molecule has 1 heterocycles. The number of hydrogen-bond donors (Lipinski definition) is 1. The molecule has 0 bridgehead atoms. The summed E-state index contributed by atoms with van der Waals surface area (Å²) in [6, 6.07) is 8.47. The lowest BCUT2D eigenvalue weighted by atomic mass is 9.93. The van der Waals surface area contributed by atoms with Crippen LogP contribution in [-0.4, -0.2) is 4.98 Å². The Morgan fingerprint density at radius 2 is 2.19 bits per heavy atom. The third-order valence-electron chi connectivity index (χ3n) is 3.17. The van der Waals surface area contributed by atoms with E-state index in [4.69, 9.17) is 0 Å². The summed E-state index contributed by atoms with van der Waals surface area (Å²) in [4.78, 5) is 3.33. The van der Waals surface area contributed by atoms with Gasteiger partial charge in [0.05, 0.1) is 0 Å². The second kappa shape index (κ2) is 5.02. The summed E-state index contributed by atoms with van der Waals surface area (Å²) in [6.07, 6.45) is 7.91. The Kier molecular flexibility index (Phi) is 3.45. The number of rotatable bonds is 5. The summed E-state index contributed by atoms with van der Waals surface area (Å²) in [5, 5.41) is 1.34. The number of hydrogen-bond acceptors (Lipinski definition) is 0. The number of unbranched alkanes of at least 4 members (excludes halogenated alkanes) is 1. The molecule has 84 valence electrons. The molecule has 0 spiro atoms. The Balaban J connectivity index is 2.33. The topological polar surface area (TPSA) is 15.8 Å². The monoisotopic (exact) mass is 213 g/mol. The van der Waals surface area contributed by atoms with Crippen molar-refractivity contribution in [3.8, 4) is 0 Å². The van der Waals surface area contributed by atoms with Gasteiger partial charge in [-0.25, -0.2) is 0 Å². The van der Waals surface area contributed by atoms with E-state index in [9.17, 15) is 0 Å². The first-order valence-corrected chi connectivity index (χ1v) is 6.05. The second-order valence-electron chi connectivity index (χ2n) is 4.27. The van der Waals surface area contributed by atoms with E-state index in [-0.39, 0.29) is 0 Å². The zero-order valence-corrected chi connectivity index (χ0v) is 9.87. The summed E-state index contributed by atoms with van der Waals surface area (Å²) < 4.78 is 0. The van der Waals surface area contributed by atoms with Crippen LogP contribution in [0.4, 0.5) is 0 Å². The molecule has 0 fully saturated rings. The van der Waals surface area contributed by atoms with Crippen LogP contribution in [0.3, 0.4) is 0 Å². The largest absolute Gasteiger partial charge is 0.361 e. The van der Waals surface area contributed by atoms with Gasteiger partial charge < -0.3 is 4.98 Å². The predicted molar refractivity (Wildman–Crippen MR) is 70.8 cm³/mol. The Morgan fingerprint density at radius 1 is 1.38 bits per heavy atom. The van der Waals surface area contributed by atoms with Crippen LogP contribution < -0.4 is 0 Å². The lowest BCUT2D eigenvalue weighted by Gasteiger charge is -2.10. The van der Waals surface area contributed by atoms with Gasteiger partial charge in [0.2, 0.25) is 0 Å². The van der Waals surface area contributed by atoms with E-state index in [1.54, 1.807) is 0 Å². The fourth-order valence-corrected chi connectivity index (χ4v) is 2.23. The number of aromatic nitrogens is 1. The van der Waals surface area contributed by atoms with E-state index >= 15 is 0 Å². The summed E-state index contributed by atoms with van der Waals surface area (Å²) in [6.45, 7) is 6.19. The number of nitrogens with one attached hydrogen (secondary N) is 1. The highest BCUT2D eigenvalue weighted by Gasteiger charge is 2.11. The summed E-state index contributed by atoms with van der Waals surface area (Å²) >= 11 is 0. The molecular formula is C15H19N.